The predicted molar refractivity (Wildman–Crippen MR) is 56.6 cm³/mol. The van der Waals surface area contributed by atoms with Crippen molar-refractivity contribution in [3.05, 3.63) is 22.4 Å². The van der Waals surface area contributed by atoms with Crippen LogP contribution >= 0.6 is 23.2 Å². The van der Waals surface area contributed by atoms with Gasteiger partial charge in [-0.25, -0.2) is 13.4 Å². The molecule has 1 rings (SSSR count). The molecule has 1 aromatic rings. The van der Waals surface area contributed by atoms with Crippen LogP contribution in [0, 0.1) is 0 Å². The van der Waals surface area contributed by atoms with Crippen LogP contribution in [0.2, 0.25) is 10.2 Å². The van der Waals surface area contributed by atoms with Gasteiger partial charge in [0, 0.05) is 6.20 Å². The van der Waals surface area contributed by atoms with Gasteiger partial charge in [0.1, 0.15) is 5.15 Å². The van der Waals surface area contributed by atoms with Crippen LogP contribution in [-0.4, -0.2) is 18.7 Å². The molecule has 0 unspecified atom stereocenters. The van der Waals surface area contributed by atoms with Crippen molar-refractivity contribution in [2.45, 2.75) is 24.0 Å². The Morgan fingerprint density at radius 3 is 2.36 bits per heavy atom. The van der Waals surface area contributed by atoms with Crippen LogP contribution in [-0.2, 0) is 9.84 Å². The first-order chi connectivity index (χ1) is 6.35. The normalized spacial score (nSPS) is 12.1. The monoisotopic (exact) mass is 253 g/mol. The van der Waals surface area contributed by atoms with E-state index in [9.17, 15) is 8.42 Å². The van der Waals surface area contributed by atoms with Gasteiger partial charge in [0.2, 0.25) is 0 Å². The molecule has 0 aliphatic carbocycles. The zero-order valence-corrected chi connectivity index (χ0v) is 9.99. The molecule has 78 valence electrons. The van der Waals surface area contributed by atoms with E-state index in [1.165, 1.54) is 12.3 Å². The Labute approximate surface area is 93.0 Å². The molecule has 3 nitrogen and oxygen atoms in total. The Hall–Kier alpha value is -0.320. The van der Waals surface area contributed by atoms with Gasteiger partial charge < -0.3 is 0 Å². The van der Waals surface area contributed by atoms with Gasteiger partial charge in [0.05, 0.1) is 15.2 Å². The summed E-state index contributed by atoms with van der Waals surface area (Å²) >= 11 is 11.2. The molecule has 6 heteroatoms. The van der Waals surface area contributed by atoms with Gasteiger partial charge in [-0.2, -0.15) is 0 Å². The molecule has 0 bridgehead atoms. The van der Waals surface area contributed by atoms with Crippen molar-refractivity contribution < 1.29 is 8.42 Å². The number of nitrogens with zero attached hydrogens (tertiary/aromatic N) is 1. The molecule has 14 heavy (non-hydrogen) atoms. The number of sulfone groups is 1. The number of hydrogen-bond donors (Lipinski definition) is 0. The van der Waals surface area contributed by atoms with Crippen molar-refractivity contribution in [1.29, 1.82) is 0 Å². The lowest BCUT2D eigenvalue weighted by molar-refractivity contribution is 0.587. The highest BCUT2D eigenvalue weighted by atomic mass is 35.5. The fourth-order valence-corrected chi connectivity index (χ4v) is 2.19. The summed E-state index contributed by atoms with van der Waals surface area (Å²) in [7, 11) is -3.32. The minimum absolute atomic E-state index is 0.0990. The van der Waals surface area contributed by atoms with Crippen LogP contribution in [0.1, 0.15) is 13.8 Å². The van der Waals surface area contributed by atoms with E-state index in [-0.39, 0.29) is 15.1 Å². The standard InChI is InChI=1S/C8H9Cl2NO2S/c1-5(2)14(12,13)6-3-7(9)8(10)11-4-6/h3-5H,1-2H3. The molecule has 0 spiro atoms. The van der Waals surface area contributed by atoms with E-state index in [0.717, 1.165) is 0 Å². The molecule has 0 fully saturated rings. The van der Waals surface area contributed by atoms with Gasteiger partial charge in [-0.3, -0.25) is 0 Å². The maximum Gasteiger partial charge on any atom is 0.182 e. The lowest BCUT2D eigenvalue weighted by atomic mass is 10.5. The van der Waals surface area contributed by atoms with Crippen LogP contribution in [0.15, 0.2) is 17.2 Å². The van der Waals surface area contributed by atoms with Gasteiger partial charge in [-0.15, -0.1) is 0 Å². The summed E-state index contributed by atoms with van der Waals surface area (Å²) in [4.78, 5) is 3.78. The van der Waals surface area contributed by atoms with Gasteiger partial charge in [-0.1, -0.05) is 23.2 Å². The highest BCUT2D eigenvalue weighted by Crippen LogP contribution is 2.24. The zero-order valence-electron chi connectivity index (χ0n) is 7.66. The molecule has 0 N–H and O–H groups in total. The average molecular weight is 254 g/mol. The average Bonchev–Trinajstić information content (AvgIpc) is 2.09. The van der Waals surface area contributed by atoms with Crippen molar-refractivity contribution in [1.82, 2.24) is 4.98 Å². The van der Waals surface area contributed by atoms with Crippen molar-refractivity contribution in [3.8, 4) is 0 Å². The molecular formula is C8H9Cl2NO2S. The van der Waals surface area contributed by atoms with Gasteiger partial charge in [0.15, 0.2) is 9.84 Å². The first-order valence-corrected chi connectivity index (χ1v) is 6.21. The van der Waals surface area contributed by atoms with Crippen LogP contribution in [0.3, 0.4) is 0 Å². The predicted octanol–water partition coefficient (Wildman–Crippen LogP) is 2.57. The van der Waals surface area contributed by atoms with Crippen LogP contribution < -0.4 is 0 Å². The van der Waals surface area contributed by atoms with Gasteiger partial charge in [0.25, 0.3) is 0 Å². The van der Waals surface area contributed by atoms with E-state index in [2.05, 4.69) is 4.98 Å². The smallest absolute Gasteiger partial charge is 0.182 e. The Kier molecular flexibility index (Phi) is 3.40. The van der Waals surface area contributed by atoms with E-state index < -0.39 is 15.1 Å². The Balaban J connectivity index is 3.29. The van der Waals surface area contributed by atoms with E-state index >= 15 is 0 Å². The van der Waals surface area contributed by atoms with Crippen LogP contribution in [0.4, 0.5) is 0 Å². The van der Waals surface area contributed by atoms with Crippen LogP contribution in [0.5, 0.6) is 0 Å². The summed E-state index contributed by atoms with van der Waals surface area (Å²) in [5, 5.41) is -0.246. The number of halogens is 2. The summed E-state index contributed by atoms with van der Waals surface area (Å²) in [5.41, 5.74) is 0. The first-order valence-electron chi connectivity index (χ1n) is 3.90. The molecule has 0 aliphatic heterocycles. The van der Waals surface area contributed by atoms with Crippen LogP contribution in [0.25, 0.3) is 0 Å². The van der Waals surface area contributed by atoms with Crippen molar-refractivity contribution >= 4 is 33.0 Å². The van der Waals surface area contributed by atoms with E-state index in [4.69, 9.17) is 23.2 Å². The zero-order chi connectivity index (χ0) is 10.9. The summed E-state index contributed by atoms with van der Waals surface area (Å²) in [5.74, 6) is 0. The summed E-state index contributed by atoms with van der Waals surface area (Å²) in [6, 6.07) is 1.31. The number of aromatic nitrogens is 1. The van der Waals surface area contributed by atoms with Crippen molar-refractivity contribution in [3.63, 3.8) is 0 Å². The molecule has 0 amide bonds. The maximum absolute atomic E-state index is 11.7. The van der Waals surface area contributed by atoms with Crippen molar-refractivity contribution in [2.75, 3.05) is 0 Å². The minimum atomic E-state index is -3.32. The Morgan fingerprint density at radius 1 is 1.36 bits per heavy atom. The third-order valence-electron chi connectivity index (χ3n) is 1.72. The minimum Gasteiger partial charge on any atom is -0.242 e. The summed E-state index contributed by atoms with van der Waals surface area (Å²) in [6.45, 7) is 3.19. The Bertz CT molecular complexity index is 443. The van der Waals surface area contributed by atoms with Gasteiger partial charge in [-0.05, 0) is 19.9 Å². The molecule has 1 heterocycles. The molecule has 0 aromatic carbocycles. The third-order valence-corrected chi connectivity index (χ3v) is 4.53. The fraction of sp³-hybridized carbons (Fsp3) is 0.375. The largest absolute Gasteiger partial charge is 0.242 e. The topological polar surface area (TPSA) is 47.0 Å². The second kappa shape index (κ2) is 4.04. The molecule has 0 atom stereocenters. The number of pyridine rings is 1. The van der Waals surface area contributed by atoms with Crippen molar-refractivity contribution in [2.24, 2.45) is 0 Å². The van der Waals surface area contributed by atoms with E-state index in [1.807, 2.05) is 0 Å². The molecule has 0 radical (unpaired) electrons. The van der Waals surface area contributed by atoms with E-state index in [0.29, 0.717) is 0 Å². The lowest BCUT2D eigenvalue weighted by Crippen LogP contribution is -2.14. The second-order valence-electron chi connectivity index (χ2n) is 3.04. The maximum atomic E-state index is 11.7. The molecule has 1 aromatic heterocycles. The second-order valence-corrected chi connectivity index (χ2v) is 6.31. The SMILES string of the molecule is CC(C)S(=O)(=O)c1cnc(Cl)c(Cl)c1. The lowest BCUT2D eigenvalue weighted by Gasteiger charge is -2.07. The summed E-state index contributed by atoms with van der Waals surface area (Å²) < 4.78 is 23.3. The summed E-state index contributed by atoms with van der Waals surface area (Å²) in [6.07, 6.45) is 1.21. The molecule has 0 aliphatic rings. The number of rotatable bonds is 2. The van der Waals surface area contributed by atoms with Gasteiger partial charge >= 0.3 is 0 Å². The quantitative estimate of drug-likeness (QED) is 0.762. The van der Waals surface area contributed by atoms with E-state index in [1.54, 1.807) is 13.8 Å². The third kappa shape index (κ3) is 2.19. The first kappa shape index (κ1) is 11.8. The molecule has 0 saturated heterocycles. The highest BCUT2D eigenvalue weighted by Gasteiger charge is 2.20. The molecule has 0 saturated carbocycles. The highest BCUT2D eigenvalue weighted by molar-refractivity contribution is 7.92. The Morgan fingerprint density at radius 2 is 1.93 bits per heavy atom. The number of hydrogen-bond acceptors (Lipinski definition) is 3. The fourth-order valence-electron chi connectivity index (χ4n) is 0.831. The molecular weight excluding hydrogens is 245 g/mol.